The van der Waals surface area contributed by atoms with E-state index in [2.05, 4.69) is 0 Å². The molecular formula is C28H24O8. The number of hydrogen-bond donors (Lipinski definition) is 5. The molecule has 0 radical (unpaired) electrons. The number of hydrogen-bond acceptors (Lipinski definition) is 7. The fraction of sp³-hybridized carbons (Fsp3) is 0.107. The van der Waals surface area contributed by atoms with Crippen LogP contribution in [0.5, 0.6) is 23.0 Å². The molecule has 3 aromatic rings. The predicted molar refractivity (Wildman–Crippen MR) is 134 cm³/mol. The van der Waals surface area contributed by atoms with Crippen LogP contribution in [0.4, 0.5) is 0 Å². The van der Waals surface area contributed by atoms with Crippen LogP contribution >= 0.6 is 0 Å². The highest BCUT2D eigenvalue weighted by molar-refractivity contribution is 6.21. The number of phenols is 4. The summed E-state index contributed by atoms with van der Waals surface area (Å²) in [5, 5.41) is 48.0. The molecule has 3 rings (SSSR count). The van der Waals surface area contributed by atoms with Crippen LogP contribution in [-0.2, 0) is 0 Å². The number of allylic oxidation sites excluding steroid dienone is 2. The molecular weight excluding hydrogens is 464 g/mol. The monoisotopic (exact) mass is 488 g/mol. The quantitative estimate of drug-likeness (QED) is 0.166. The van der Waals surface area contributed by atoms with E-state index in [1.807, 2.05) is 0 Å². The van der Waals surface area contributed by atoms with Gasteiger partial charge < -0.3 is 25.5 Å². The molecule has 0 aliphatic heterocycles. The minimum atomic E-state index is -1.38. The third kappa shape index (κ3) is 5.61. The number of carboxylic acids is 1. The largest absolute Gasteiger partial charge is 0.504 e. The molecule has 8 nitrogen and oxygen atoms in total. The van der Waals surface area contributed by atoms with E-state index in [0.717, 1.165) is 12.2 Å². The Morgan fingerprint density at radius 2 is 1.14 bits per heavy atom. The zero-order valence-corrected chi connectivity index (χ0v) is 19.5. The first-order valence-corrected chi connectivity index (χ1v) is 10.9. The van der Waals surface area contributed by atoms with Crippen LogP contribution in [0, 0.1) is 0 Å². The zero-order chi connectivity index (χ0) is 26.6. The maximum Gasteiger partial charge on any atom is 0.336 e. The second-order valence-corrected chi connectivity index (χ2v) is 8.30. The number of aromatic hydroxyl groups is 4. The average molecular weight is 488 g/mol. The number of carbonyl (C=O) groups is 3. The lowest BCUT2D eigenvalue weighted by atomic mass is 9.85. The lowest BCUT2D eigenvalue weighted by molar-refractivity contribution is 0.0692. The van der Waals surface area contributed by atoms with Gasteiger partial charge in [0.2, 0.25) is 0 Å². The van der Waals surface area contributed by atoms with Gasteiger partial charge in [-0.05, 0) is 65.1 Å². The molecule has 36 heavy (non-hydrogen) atoms. The topological polar surface area (TPSA) is 152 Å². The lowest BCUT2D eigenvalue weighted by Gasteiger charge is -2.16. The molecule has 0 bridgehead atoms. The summed E-state index contributed by atoms with van der Waals surface area (Å²) in [5.41, 5.74) is 0.557. The first kappa shape index (κ1) is 25.8. The van der Waals surface area contributed by atoms with Gasteiger partial charge in [0.1, 0.15) is 0 Å². The van der Waals surface area contributed by atoms with Gasteiger partial charge in [0.05, 0.1) is 5.56 Å². The van der Waals surface area contributed by atoms with Crippen molar-refractivity contribution in [2.24, 2.45) is 0 Å². The number of phenolic OH excluding ortho intramolecular Hbond substituents is 4. The Morgan fingerprint density at radius 3 is 1.56 bits per heavy atom. The molecule has 0 saturated heterocycles. The van der Waals surface area contributed by atoms with E-state index in [0.29, 0.717) is 16.7 Å². The molecule has 8 heteroatoms. The number of aromatic carboxylic acids is 1. The minimum absolute atomic E-state index is 0.0626. The molecule has 0 saturated carbocycles. The van der Waals surface area contributed by atoms with E-state index in [4.69, 9.17) is 0 Å². The van der Waals surface area contributed by atoms with E-state index in [9.17, 15) is 39.9 Å². The summed E-state index contributed by atoms with van der Waals surface area (Å²) in [6.45, 7) is 3.61. The third-order valence-electron chi connectivity index (χ3n) is 5.44. The molecule has 0 aliphatic rings. The lowest BCUT2D eigenvalue weighted by Crippen LogP contribution is -2.16. The van der Waals surface area contributed by atoms with Crippen LogP contribution in [0.2, 0.25) is 0 Å². The summed E-state index contributed by atoms with van der Waals surface area (Å²) in [7, 11) is 0. The highest BCUT2D eigenvalue weighted by Crippen LogP contribution is 2.30. The summed E-state index contributed by atoms with van der Waals surface area (Å²) in [6.07, 6.45) is 4.97. The Bertz CT molecular complexity index is 1410. The van der Waals surface area contributed by atoms with Gasteiger partial charge >= 0.3 is 5.97 Å². The molecule has 3 aromatic carbocycles. The van der Waals surface area contributed by atoms with E-state index in [1.165, 1.54) is 60.7 Å². The van der Waals surface area contributed by atoms with Crippen LogP contribution in [-0.4, -0.2) is 43.1 Å². The van der Waals surface area contributed by atoms with E-state index in [-0.39, 0.29) is 45.6 Å². The smallest absolute Gasteiger partial charge is 0.336 e. The summed E-state index contributed by atoms with van der Waals surface area (Å²) in [4.78, 5) is 38.5. The van der Waals surface area contributed by atoms with Gasteiger partial charge in [-0.3, -0.25) is 9.59 Å². The standard InChI is InChI=1S/C28H24O8/c1-15(2)18-7-8-19(28(35)36)27(23(32)12-6-17-4-10-21(30)25(34)14-17)26(18)22(31)11-5-16-3-9-20(29)24(33)13-16/h3-15,29-30,33-34H,1-2H3,(H,35,36). The SMILES string of the molecule is CC(C)c1ccc(C(=O)O)c(C(=O)C=Cc2ccc(O)c(O)c2)c1C(=O)C=Cc1ccc(O)c(O)c1. The van der Waals surface area contributed by atoms with Crippen LogP contribution in [0.15, 0.2) is 60.7 Å². The highest BCUT2D eigenvalue weighted by atomic mass is 16.4. The Labute approximate surface area is 206 Å². The van der Waals surface area contributed by atoms with Crippen LogP contribution in [0.3, 0.4) is 0 Å². The van der Waals surface area contributed by atoms with Crippen molar-refractivity contribution in [1.29, 1.82) is 0 Å². The van der Waals surface area contributed by atoms with Gasteiger partial charge in [-0.25, -0.2) is 4.79 Å². The fourth-order valence-corrected chi connectivity index (χ4v) is 3.60. The zero-order valence-electron chi connectivity index (χ0n) is 19.5. The van der Waals surface area contributed by atoms with Crippen LogP contribution in [0.25, 0.3) is 12.2 Å². The number of carbonyl (C=O) groups excluding carboxylic acids is 2. The maximum absolute atomic E-state index is 13.3. The molecule has 0 heterocycles. The second kappa shape index (κ2) is 10.6. The summed E-state index contributed by atoms with van der Waals surface area (Å²) in [6, 6.07) is 10.7. The Morgan fingerprint density at radius 1 is 0.667 bits per heavy atom. The molecule has 0 unspecified atom stereocenters. The molecule has 0 aliphatic carbocycles. The van der Waals surface area contributed by atoms with Crippen molar-refractivity contribution in [3.8, 4) is 23.0 Å². The van der Waals surface area contributed by atoms with Gasteiger partial charge in [-0.2, -0.15) is 0 Å². The van der Waals surface area contributed by atoms with Gasteiger partial charge in [0, 0.05) is 11.1 Å². The van der Waals surface area contributed by atoms with Crippen molar-refractivity contribution in [3.63, 3.8) is 0 Å². The highest BCUT2D eigenvalue weighted by Gasteiger charge is 2.26. The van der Waals surface area contributed by atoms with Crippen LogP contribution < -0.4 is 0 Å². The Balaban J connectivity index is 2.12. The number of rotatable bonds is 8. The van der Waals surface area contributed by atoms with E-state index in [1.54, 1.807) is 13.8 Å². The van der Waals surface area contributed by atoms with Gasteiger partial charge in [-0.1, -0.05) is 44.2 Å². The Hall–Kier alpha value is -4.85. The molecule has 0 aromatic heterocycles. The third-order valence-corrected chi connectivity index (χ3v) is 5.44. The average Bonchev–Trinajstić information content (AvgIpc) is 2.83. The van der Waals surface area contributed by atoms with Gasteiger partial charge in [-0.15, -0.1) is 0 Å². The van der Waals surface area contributed by atoms with Crippen molar-refractivity contribution in [2.45, 2.75) is 19.8 Å². The normalized spacial score (nSPS) is 11.4. The van der Waals surface area contributed by atoms with Crippen molar-refractivity contribution < 1.29 is 39.9 Å². The molecule has 0 spiro atoms. The number of ketones is 2. The predicted octanol–water partition coefficient (Wildman–Crippen LogP) is 5.12. The summed E-state index contributed by atoms with van der Waals surface area (Å²) < 4.78 is 0. The van der Waals surface area contributed by atoms with Crippen molar-refractivity contribution in [3.05, 3.63) is 94.1 Å². The van der Waals surface area contributed by atoms with Crippen LogP contribution in [0.1, 0.15) is 67.5 Å². The molecule has 0 fully saturated rings. The molecule has 184 valence electrons. The summed E-state index contributed by atoms with van der Waals surface area (Å²) in [5.74, 6) is -4.38. The first-order valence-electron chi connectivity index (χ1n) is 10.9. The van der Waals surface area contributed by atoms with Crippen molar-refractivity contribution >= 4 is 29.7 Å². The molecule has 5 N–H and O–H groups in total. The minimum Gasteiger partial charge on any atom is -0.504 e. The Kier molecular flexibility index (Phi) is 7.59. The van der Waals surface area contributed by atoms with Crippen molar-refractivity contribution in [2.75, 3.05) is 0 Å². The first-order chi connectivity index (χ1) is 17.0. The van der Waals surface area contributed by atoms with E-state index >= 15 is 0 Å². The number of benzene rings is 3. The fourth-order valence-electron chi connectivity index (χ4n) is 3.60. The van der Waals surface area contributed by atoms with Crippen molar-refractivity contribution in [1.82, 2.24) is 0 Å². The van der Waals surface area contributed by atoms with Gasteiger partial charge in [0.15, 0.2) is 34.6 Å². The second-order valence-electron chi connectivity index (χ2n) is 8.30. The van der Waals surface area contributed by atoms with E-state index < -0.39 is 17.5 Å². The van der Waals surface area contributed by atoms with Gasteiger partial charge in [0.25, 0.3) is 0 Å². The molecule has 0 atom stereocenters. The number of carboxylic acid groups (broad SMARTS) is 1. The molecule has 0 amide bonds. The summed E-state index contributed by atoms with van der Waals surface area (Å²) >= 11 is 0. The maximum atomic E-state index is 13.3.